The minimum atomic E-state index is 0.0852. The second-order valence-corrected chi connectivity index (χ2v) is 6.02. The van der Waals surface area contributed by atoms with Crippen LogP contribution in [0.5, 0.6) is 11.5 Å². The first-order valence-corrected chi connectivity index (χ1v) is 7.81. The van der Waals surface area contributed by atoms with Gasteiger partial charge in [-0.05, 0) is 32.5 Å². The van der Waals surface area contributed by atoms with Crippen molar-refractivity contribution in [1.82, 2.24) is 10.3 Å². The van der Waals surface area contributed by atoms with Gasteiger partial charge in [-0.15, -0.1) is 11.3 Å². The van der Waals surface area contributed by atoms with E-state index in [1.54, 1.807) is 25.6 Å². The molecule has 1 heterocycles. The van der Waals surface area contributed by atoms with Crippen LogP contribution in [-0.2, 0) is 0 Å². The maximum Gasteiger partial charge on any atom is 0.127 e. The molecule has 4 nitrogen and oxygen atoms in total. The predicted octanol–water partition coefficient (Wildman–Crippen LogP) is 3.48. The fraction of sp³-hybridized carbons (Fsp3) is 0.438. The number of hydrogen-bond acceptors (Lipinski definition) is 5. The standard InChI is InChI=1S/C16H22N2O2S/c1-6-17-15(16-10(2)18-11(3)21-16)13-8-7-12(19-4)9-14(13)20-5/h7-9,15,17H,6H2,1-5H3. The van der Waals surface area contributed by atoms with Gasteiger partial charge in [-0.3, -0.25) is 0 Å². The molecular formula is C16H22N2O2S. The number of benzene rings is 1. The van der Waals surface area contributed by atoms with Crippen LogP contribution in [0.1, 0.15) is 34.1 Å². The van der Waals surface area contributed by atoms with Crippen molar-refractivity contribution in [2.24, 2.45) is 0 Å². The summed E-state index contributed by atoms with van der Waals surface area (Å²) in [7, 11) is 3.35. The van der Waals surface area contributed by atoms with Gasteiger partial charge in [-0.1, -0.05) is 6.92 Å². The lowest BCUT2D eigenvalue weighted by Gasteiger charge is -2.20. The molecule has 0 amide bonds. The molecular weight excluding hydrogens is 284 g/mol. The average Bonchev–Trinajstić information content (AvgIpc) is 2.82. The van der Waals surface area contributed by atoms with Gasteiger partial charge in [0.15, 0.2) is 0 Å². The molecule has 0 fully saturated rings. The molecule has 0 spiro atoms. The summed E-state index contributed by atoms with van der Waals surface area (Å²) in [4.78, 5) is 5.78. The van der Waals surface area contributed by atoms with Crippen LogP contribution in [-0.4, -0.2) is 25.7 Å². The Morgan fingerprint density at radius 3 is 2.52 bits per heavy atom. The maximum absolute atomic E-state index is 5.55. The van der Waals surface area contributed by atoms with Crippen molar-refractivity contribution in [2.45, 2.75) is 26.8 Å². The Hall–Kier alpha value is -1.59. The minimum absolute atomic E-state index is 0.0852. The van der Waals surface area contributed by atoms with Gasteiger partial charge < -0.3 is 14.8 Å². The quantitative estimate of drug-likeness (QED) is 0.887. The number of rotatable bonds is 6. The minimum Gasteiger partial charge on any atom is -0.497 e. The van der Waals surface area contributed by atoms with E-state index in [9.17, 15) is 0 Å². The molecule has 1 atom stereocenters. The molecule has 21 heavy (non-hydrogen) atoms. The van der Waals surface area contributed by atoms with Crippen LogP contribution in [0.3, 0.4) is 0 Å². The van der Waals surface area contributed by atoms with Crippen LogP contribution in [0.15, 0.2) is 18.2 Å². The summed E-state index contributed by atoms with van der Waals surface area (Å²) >= 11 is 1.73. The summed E-state index contributed by atoms with van der Waals surface area (Å²) < 4.78 is 10.8. The highest BCUT2D eigenvalue weighted by molar-refractivity contribution is 7.11. The van der Waals surface area contributed by atoms with Crippen LogP contribution in [0.4, 0.5) is 0 Å². The van der Waals surface area contributed by atoms with Gasteiger partial charge in [-0.2, -0.15) is 0 Å². The number of aryl methyl sites for hydroxylation is 2. The van der Waals surface area contributed by atoms with Crippen molar-refractivity contribution < 1.29 is 9.47 Å². The Morgan fingerprint density at radius 2 is 2.00 bits per heavy atom. The number of aromatic nitrogens is 1. The predicted molar refractivity (Wildman–Crippen MR) is 86.7 cm³/mol. The van der Waals surface area contributed by atoms with E-state index < -0.39 is 0 Å². The lowest BCUT2D eigenvalue weighted by Crippen LogP contribution is -2.22. The monoisotopic (exact) mass is 306 g/mol. The average molecular weight is 306 g/mol. The Labute approximate surface area is 130 Å². The zero-order valence-corrected chi connectivity index (χ0v) is 14.0. The van der Waals surface area contributed by atoms with Gasteiger partial charge in [0.2, 0.25) is 0 Å². The first-order valence-electron chi connectivity index (χ1n) is 6.99. The Kier molecular flexibility index (Phi) is 5.20. The summed E-state index contributed by atoms with van der Waals surface area (Å²) in [5, 5.41) is 4.61. The molecule has 0 saturated carbocycles. The molecule has 1 N–H and O–H groups in total. The van der Waals surface area contributed by atoms with Crippen molar-refractivity contribution in [3.8, 4) is 11.5 Å². The van der Waals surface area contributed by atoms with Gasteiger partial charge in [0.1, 0.15) is 11.5 Å². The molecule has 0 aliphatic carbocycles. The van der Waals surface area contributed by atoms with Crippen molar-refractivity contribution in [2.75, 3.05) is 20.8 Å². The van der Waals surface area contributed by atoms with E-state index >= 15 is 0 Å². The van der Waals surface area contributed by atoms with Gasteiger partial charge in [-0.25, -0.2) is 4.98 Å². The fourth-order valence-corrected chi connectivity index (χ4v) is 3.44. The second-order valence-electron chi connectivity index (χ2n) is 4.78. The highest BCUT2D eigenvalue weighted by Crippen LogP contribution is 2.36. The first kappa shape index (κ1) is 15.8. The molecule has 2 aromatic rings. The first-order chi connectivity index (χ1) is 10.1. The number of nitrogens with one attached hydrogen (secondary N) is 1. The topological polar surface area (TPSA) is 43.4 Å². The van der Waals surface area contributed by atoms with Crippen molar-refractivity contribution in [3.63, 3.8) is 0 Å². The summed E-state index contributed by atoms with van der Waals surface area (Å²) in [6.07, 6.45) is 0. The van der Waals surface area contributed by atoms with E-state index in [4.69, 9.17) is 9.47 Å². The Balaban J connectivity index is 2.50. The van der Waals surface area contributed by atoms with Crippen LogP contribution >= 0.6 is 11.3 Å². The third kappa shape index (κ3) is 3.36. The van der Waals surface area contributed by atoms with Crippen LogP contribution in [0, 0.1) is 13.8 Å². The van der Waals surface area contributed by atoms with E-state index in [1.807, 2.05) is 19.1 Å². The molecule has 2 rings (SSSR count). The lowest BCUT2D eigenvalue weighted by atomic mass is 10.0. The lowest BCUT2D eigenvalue weighted by molar-refractivity contribution is 0.388. The van der Waals surface area contributed by atoms with Crippen molar-refractivity contribution in [1.29, 1.82) is 0 Å². The molecule has 0 aliphatic heterocycles. The number of hydrogen-bond donors (Lipinski definition) is 1. The van der Waals surface area contributed by atoms with Gasteiger partial charge >= 0.3 is 0 Å². The molecule has 0 aliphatic rings. The van der Waals surface area contributed by atoms with Gasteiger partial charge in [0, 0.05) is 16.5 Å². The van der Waals surface area contributed by atoms with E-state index in [2.05, 4.69) is 30.2 Å². The number of ether oxygens (including phenoxy) is 2. The molecule has 1 unspecified atom stereocenters. The van der Waals surface area contributed by atoms with Crippen LogP contribution in [0.2, 0.25) is 0 Å². The van der Waals surface area contributed by atoms with Gasteiger partial charge in [0.25, 0.3) is 0 Å². The molecule has 0 bridgehead atoms. The number of nitrogens with zero attached hydrogens (tertiary/aromatic N) is 1. The third-order valence-corrected chi connectivity index (χ3v) is 4.50. The van der Waals surface area contributed by atoms with Crippen molar-refractivity contribution >= 4 is 11.3 Å². The molecule has 1 aromatic carbocycles. The largest absolute Gasteiger partial charge is 0.497 e. The van der Waals surface area contributed by atoms with E-state index in [1.165, 1.54) is 4.88 Å². The van der Waals surface area contributed by atoms with Crippen LogP contribution in [0.25, 0.3) is 0 Å². The summed E-state index contributed by atoms with van der Waals surface area (Å²) in [5.41, 5.74) is 2.17. The van der Waals surface area contributed by atoms with E-state index in [0.717, 1.165) is 34.3 Å². The van der Waals surface area contributed by atoms with Gasteiger partial charge in [0.05, 0.1) is 31.0 Å². The normalized spacial score (nSPS) is 12.2. The Bertz CT molecular complexity index is 610. The highest BCUT2D eigenvalue weighted by Gasteiger charge is 2.22. The molecule has 5 heteroatoms. The summed E-state index contributed by atoms with van der Waals surface area (Å²) in [6, 6.07) is 6.02. The molecule has 114 valence electrons. The SMILES string of the molecule is CCNC(c1ccc(OC)cc1OC)c1sc(C)nc1C. The zero-order valence-electron chi connectivity index (χ0n) is 13.2. The maximum atomic E-state index is 5.55. The zero-order chi connectivity index (χ0) is 15.4. The number of thiazole rings is 1. The van der Waals surface area contributed by atoms with E-state index in [-0.39, 0.29) is 6.04 Å². The third-order valence-electron chi connectivity index (χ3n) is 3.36. The highest BCUT2D eigenvalue weighted by atomic mass is 32.1. The molecule has 1 aromatic heterocycles. The van der Waals surface area contributed by atoms with E-state index in [0.29, 0.717) is 0 Å². The summed E-state index contributed by atoms with van der Waals surface area (Å²) in [6.45, 7) is 7.07. The smallest absolute Gasteiger partial charge is 0.127 e. The Morgan fingerprint density at radius 1 is 1.24 bits per heavy atom. The second kappa shape index (κ2) is 6.91. The van der Waals surface area contributed by atoms with Crippen LogP contribution < -0.4 is 14.8 Å². The summed E-state index contributed by atoms with van der Waals surface area (Å²) in [5.74, 6) is 1.62. The number of methoxy groups -OCH3 is 2. The molecule has 0 radical (unpaired) electrons. The molecule has 0 saturated heterocycles. The van der Waals surface area contributed by atoms with Crippen molar-refractivity contribution in [3.05, 3.63) is 39.3 Å². The fourth-order valence-electron chi connectivity index (χ4n) is 2.42.